The van der Waals surface area contributed by atoms with Gasteiger partial charge in [0.2, 0.25) is 0 Å². The van der Waals surface area contributed by atoms with Crippen molar-refractivity contribution in [3.8, 4) is 0 Å². The molecule has 0 amide bonds. The fraction of sp³-hybridized carbons (Fsp3) is 0.316. The van der Waals surface area contributed by atoms with E-state index in [0.717, 1.165) is 17.2 Å². The molecule has 6 heteroatoms. The van der Waals surface area contributed by atoms with Gasteiger partial charge < -0.3 is 10.2 Å². The van der Waals surface area contributed by atoms with Crippen LogP contribution in [-0.2, 0) is 6.42 Å². The van der Waals surface area contributed by atoms with Crippen LogP contribution < -0.4 is 10.2 Å². The molecule has 3 nitrogen and oxygen atoms in total. The van der Waals surface area contributed by atoms with Gasteiger partial charge in [0.15, 0.2) is 5.82 Å². The molecule has 0 spiro atoms. The standard InChI is InChI=1S/C19H20F3N3/c1-3-17(15-8-5-4-7-14(15)11-19(20,21)22)25-12-13(2)24-16-9-6-10-23-18(16)25/h4-10,17,24H,2-3,11-12H2,1H3. The number of fused-ring (bicyclic) bond motifs is 1. The minimum atomic E-state index is -4.24. The predicted octanol–water partition coefficient (Wildman–Crippen LogP) is 5.08. The van der Waals surface area contributed by atoms with Crippen molar-refractivity contribution in [3.05, 3.63) is 66.0 Å². The van der Waals surface area contributed by atoms with E-state index in [1.54, 1.807) is 30.5 Å². The first kappa shape index (κ1) is 17.3. The first-order valence-electron chi connectivity index (χ1n) is 8.20. The lowest BCUT2D eigenvalue weighted by Crippen LogP contribution is -2.36. The summed E-state index contributed by atoms with van der Waals surface area (Å²) in [5.74, 6) is 0.739. The molecule has 1 N–H and O–H groups in total. The largest absolute Gasteiger partial charge is 0.393 e. The molecule has 0 saturated heterocycles. The number of halogens is 3. The normalized spacial score (nSPS) is 15.5. The highest BCUT2D eigenvalue weighted by atomic mass is 19.4. The lowest BCUT2D eigenvalue weighted by Gasteiger charge is -2.38. The van der Waals surface area contributed by atoms with E-state index in [2.05, 4.69) is 16.9 Å². The Hall–Kier alpha value is -2.50. The summed E-state index contributed by atoms with van der Waals surface area (Å²) in [5.41, 5.74) is 2.62. The summed E-state index contributed by atoms with van der Waals surface area (Å²) < 4.78 is 38.9. The Morgan fingerprint density at radius 3 is 2.72 bits per heavy atom. The summed E-state index contributed by atoms with van der Waals surface area (Å²) >= 11 is 0. The zero-order valence-electron chi connectivity index (χ0n) is 14.0. The number of anilines is 2. The smallest absolute Gasteiger partial charge is 0.355 e. The highest BCUT2D eigenvalue weighted by Crippen LogP contribution is 2.38. The van der Waals surface area contributed by atoms with E-state index in [1.807, 2.05) is 24.0 Å². The maximum absolute atomic E-state index is 13.0. The second-order valence-electron chi connectivity index (χ2n) is 6.15. The van der Waals surface area contributed by atoms with Crippen molar-refractivity contribution in [3.63, 3.8) is 0 Å². The molecule has 1 aliphatic rings. The van der Waals surface area contributed by atoms with Crippen molar-refractivity contribution in [2.75, 3.05) is 16.8 Å². The summed E-state index contributed by atoms with van der Waals surface area (Å²) in [5, 5.41) is 3.19. The number of benzene rings is 1. The summed E-state index contributed by atoms with van der Waals surface area (Å²) in [4.78, 5) is 6.46. The Kier molecular flexibility index (Phi) is 4.70. The molecule has 1 aromatic carbocycles. The zero-order valence-corrected chi connectivity index (χ0v) is 14.0. The van der Waals surface area contributed by atoms with Crippen LogP contribution in [-0.4, -0.2) is 17.7 Å². The van der Waals surface area contributed by atoms with E-state index >= 15 is 0 Å². The van der Waals surface area contributed by atoms with Crippen LogP contribution >= 0.6 is 0 Å². The molecule has 0 radical (unpaired) electrons. The van der Waals surface area contributed by atoms with E-state index in [1.165, 1.54) is 0 Å². The number of pyridine rings is 1. The quantitative estimate of drug-likeness (QED) is 0.836. The number of hydrogen-bond donors (Lipinski definition) is 1. The molecule has 1 aliphatic heterocycles. The van der Waals surface area contributed by atoms with Crippen molar-refractivity contribution < 1.29 is 13.2 Å². The van der Waals surface area contributed by atoms with Gasteiger partial charge in [0.25, 0.3) is 0 Å². The summed E-state index contributed by atoms with van der Waals surface area (Å²) in [6.07, 6.45) is -2.81. The molecule has 0 bridgehead atoms. The molecule has 0 saturated carbocycles. The summed E-state index contributed by atoms with van der Waals surface area (Å²) in [7, 11) is 0. The molecule has 0 fully saturated rings. The third-order valence-corrected chi connectivity index (χ3v) is 4.30. The average Bonchev–Trinajstić information content (AvgIpc) is 2.55. The number of nitrogens with one attached hydrogen (secondary N) is 1. The van der Waals surface area contributed by atoms with Gasteiger partial charge >= 0.3 is 6.18 Å². The number of nitrogens with zero attached hydrogens (tertiary/aromatic N) is 2. The Balaban J connectivity index is 2.03. The molecule has 2 heterocycles. The SMILES string of the molecule is C=C1CN(C(CC)c2ccccc2CC(F)(F)F)c2ncccc2N1. The van der Waals surface area contributed by atoms with Gasteiger partial charge in [-0.15, -0.1) is 0 Å². The Labute approximate surface area is 145 Å². The molecule has 3 rings (SSSR count). The first-order valence-corrected chi connectivity index (χ1v) is 8.20. The molecule has 2 aromatic rings. The van der Waals surface area contributed by atoms with Crippen molar-refractivity contribution in [2.45, 2.75) is 32.0 Å². The van der Waals surface area contributed by atoms with Crippen molar-refractivity contribution >= 4 is 11.5 Å². The zero-order chi connectivity index (χ0) is 18.0. The predicted molar refractivity (Wildman–Crippen MR) is 93.6 cm³/mol. The summed E-state index contributed by atoms with van der Waals surface area (Å²) in [6, 6.07) is 10.3. The van der Waals surface area contributed by atoms with Gasteiger partial charge in [-0.05, 0) is 29.7 Å². The van der Waals surface area contributed by atoms with Crippen LogP contribution in [0, 0.1) is 0 Å². The van der Waals surface area contributed by atoms with Gasteiger partial charge in [0.1, 0.15) is 0 Å². The van der Waals surface area contributed by atoms with Gasteiger partial charge in [-0.3, -0.25) is 0 Å². The van der Waals surface area contributed by atoms with Crippen LogP contribution in [0.3, 0.4) is 0 Å². The monoisotopic (exact) mass is 347 g/mol. The molecule has 1 aromatic heterocycles. The van der Waals surface area contributed by atoms with Gasteiger partial charge in [-0.2, -0.15) is 13.2 Å². The number of alkyl halides is 3. The third-order valence-electron chi connectivity index (χ3n) is 4.30. The average molecular weight is 347 g/mol. The van der Waals surface area contributed by atoms with E-state index in [-0.39, 0.29) is 6.04 Å². The first-order chi connectivity index (χ1) is 11.9. The highest BCUT2D eigenvalue weighted by Gasteiger charge is 2.32. The molecular weight excluding hydrogens is 327 g/mol. The van der Waals surface area contributed by atoms with Crippen molar-refractivity contribution in [2.24, 2.45) is 0 Å². The van der Waals surface area contributed by atoms with Gasteiger partial charge in [-0.25, -0.2) is 4.98 Å². The van der Waals surface area contributed by atoms with E-state index in [9.17, 15) is 13.2 Å². The minimum Gasteiger partial charge on any atom is -0.355 e. The topological polar surface area (TPSA) is 28.2 Å². The lowest BCUT2D eigenvalue weighted by molar-refractivity contribution is -0.127. The van der Waals surface area contributed by atoms with Crippen LogP contribution in [0.2, 0.25) is 0 Å². The molecule has 0 aliphatic carbocycles. The van der Waals surface area contributed by atoms with Crippen LogP contribution in [0.4, 0.5) is 24.7 Å². The fourth-order valence-electron chi connectivity index (χ4n) is 3.34. The van der Waals surface area contributed by atoms with Crippen LogP contribution in [0.5, 0.6) is 0 Å². The second kappa shape index (κ2) is 6.78. The van der Waals surface area contributed by atoms with E-state index in [4.69, 9.17) is 0 Å². The lowest BCUT2D eigenvalue weighted by atomic mass is 9.94. The number of hydrogen-bond acceptors (Lipinski definition) is 3. The molecule has 132 valence electrons. The molecule has 25 heavy (non-hydrogen) atoms. The van der Waals surface area contributed by atoms with Gasteiger partial charge in [0.05, 0.1) is 24.7 Å². The molecule has 1 atom stereocenters. The Bertz CT molecular complexity index is 771. The van der Waals surface area contributed by atoms with Crippen LogP contribution in [0.1, 0.15) is 30.5 Å². The second-order valence-corrected chi connectivity index (χ2v) is 6.15. The van der Waals surface area contributed by atoms with E-state index in [0.29, 0.717) is 24.1 Å². The number of rotatable bonds is 4. The molecule has 1 unspecified atom stereocenters. The molecular formula is C19H20F3N3. The number of aromatic nitrogens is 1. The van der Waals surface area contributed by atoms with Gasteiger partial charge in [-0.1, -0.05) is 37.8 Å². The van der Waals surface area contributed by atoms with Gasteiger partial charge in [0, 0.05) is 11.9 Å². The Morgan fingerprint density at radius 1 is 1.24 bits per heavy atom. The highest BCUT2D eigenvalue weighted by molar-refractivity contribution is 5.72. The Morgan fingerprint density at radius 2 is 2.00 bits per heavy atom. The van der Waals surface area contributed by atoms with E-state index < -0.39 is 12.6 Å². The van der Waals surface area contributed by atoms with Crippen molar-refractivity contribution in [1.29, 1.82) is 0 Å². The van der Waals surface area contributed by atoms with Crippen molar-refractivity contribution in [1.82, 2.24) is 4.98 Å². The third kappa shape index (κ3) is 3.78. The maximum Gasteiger partial charge on any atom is 0.393 e. The summed E-state index contributed by atoms with van der Waals surface area (Å²) in [6.45, 7) is 6.47. The van der Waals surface area contributed by atoms with Crippen LogP contribution in [0.25, 0.3) is 0 Å². The fourth-order valence-corrected chi connectivity index (χ4v) is 3.34. The maximum atomic E-state index is 13.0. The van der Waals surface area contributed by atoms with Crippen LogP contribution in [0.15, 0.2) is 54.9 Å². The minimum absolute atomic E-state index is 0.203.